The Kier molecular flexibility index (Phi) is 5.91. The fourth-order valence-corrected chi connectivity index (χ4v) is 3.33. The van der Waals surface area contributed by atoms with E-state index in [0.29, 0.717) is 38.6 Å². The summed E-state index contributed by atoms with van der Waals surface area (Å²) in [7, 11) is 0. The van der Waals surface area contributed by atoms with Gasteiger partial charge in [0.15, 0.2) is 0 Å². The largest absolute Gasteiger partial charge is 0.466 e. The Balaban J connectivity index is 1.89. The van der Waals surface area contributed by atoms with Crippen molar-refractivity contribution in [3.63, 3.8) is 0 Å². The second-order valence-corrected chi connectivity index (χ2v) is 6.99. The van der Waals surface area contributed by atoms with Gasteiger partial charge < -0.3 is 14.5 Å². The van der Waals surface area contributed by atoms with Crippen LogP contribution in [0.15, 0.2) is 18.0 Å². The van der Waals surface area contributed by atoms with Crippen LogP contribution in [0.3, 0.4) is 0 Å². The molecular formula is C19H26N6O3. The summed E-state index contributed by atoms with van der Waals surface area (Å²) >= 11 is 0. The summed E-state index contributed by atoms with van der Waals surface area (Å²) in [5.41, 5.74) is 2.49. The second-order valence-electron chi connectivity index (χ2n) is 6.99. The molecule has 1 aliphatic rings. The molecule has 0 radical (unpaired) electrons. The highest BCUT2D eigenvalue weighted by atomic mass is 16.5. The van der Waals surface area contributed by atoms with E-state index in [-0.39, 0.29) is 18.3 Å². The Morgan fingerprint density at radius 3 is 2.57 bits per heavy atom. The van der Waals surface area contributed by atoms with Gasteiger partial charge in [-0.05, 0) is 27.7 Å². The average Bonchev–Trinajstić information content (AvgIpc) is 3.10. The van der Waals surface area contributed by atoms with Gasteiger partial charge in [0.2, 0.25) is 5.91 Å². The molecule has 0 spiro atoms. The third kappa shape index (κ3) is 4.13. The first-order chi connectivity index (χ1) is 13.4. The minimum Gasteiger partial charge on any atom is -0.466 e. The molecule has 0 aromatic carbocycles. The van der Waals surface area contributed by atoms with Gasteiger partial charge in [-0.3, -0.25) is 9.59 Å². The van der Waals surface area contributed by atoms with Crippen LogP contribution in [0.2, 0.25) is 0 Å². The van der Waals surface area contributed by atoms with Crippen LogP contribution in [-0.2, 0) is 20.7 Å². The molecule has 0 atom stereocenters. The molecule has 1 fully saturated rings. The average molecular weight is 386 g/mol. The first-order valence-corrected chi connectivity index (χ1v) is 9.44. The zero-order chi connectivity index (χ0) is 20.3. The minimum absolute atomic E-state index is 0.0307. The molecule has 0 aliphatic carbocycles. The lowest BCUT2D eigenvalue weighted by molar-refractivity contribution is -0.142. The first-order valence-electron chi connectivity index (χ1n) is 9.44. The van der Waals surface area contributed by atoms with Gasteiger partial charge in [-0.2, -0.15) is 14.6 Å². The molecule has 1 aliphatic heterocycles. The summed E-state index contributed by atoms with van der Waals surface area (Å²) in [6.07, 6.45) is 3.23. The highest BCUT2D eigenvalue weighted by Crippen LogP contribution is 2.25. The number of hydrogen-bond acceptors (Lipinski definition) is 7. The van der Waals surface area contributed by atoms with Gasteiger partial charge in [-0.25, -0.2) is 4.98 Å². The summed E-state index contributed by atoms with van der Waals surface area (Å²) in [6.45, 7) is 10.3. The number of amides is 1. The SMILES string of the molecule is CCOC(=O)Cc1c(C)nc2ncnn2c1N1CCN(C(=O)C=C(C)C)CC1. The molecule has 2 aromatic rings. The smallest absolute Gasteiger partial charge is 0.310 e. The fourth-order valence-electron chi connectivity index (χ4n) is 3.33. The summed E-state index contributed by atoms with van der Waals surface area (Å²) in [4.78, 5) is 37.1. The van der Waals surface area contributed by atoms with E-state index in [1.807, 2.05) is 25.7 Å². The number of fused-ring (bicyclic) bond motifs is 1. The number of allylic oxidation sites excluding steroid dienone is 1. The van der Waals surface area contributed by atoms with E-state index < -0.39 is 0 Å². The lowest BCUT2D eigenvalue weighted by atomic mass is 10.1. The van der Waals surface area contributed by atoms with E-state index in [0.717, 1.165) is 22.6 Å². The zero-order valence-electron chi connectivity index (χ0n) is 16.8. The minimum atomic E-state index is -0.300. The van der Waals surface area contributed by atoms with Crippen molar-refractivity contribution in [2.75, 3.05) is 37.7 Å². The van der Waals surface area contributed by atoms with Crippen LogP contribution in [0.25, 0.3) is 5.78 Å². The van der Waals surface area contributed by atoms with Crippen molar-refractivity contribution in [3.8, 4) is 0 Å². The van der Waals surface area contributed by atoms with E-state index >= 15 is 0 Å². The number of aromatic nitrogens is 4. The molecule has 0 N–H and O–H groups in total. The predicted molar refractivity (Wildman–Crippen MR) is 104 cm³/mol. The van der Waals surface area contributed by atoms with E-state index in [1.165, 1.54) is 6.33 Å². The number of esters is 1. The van der Waals surface area contributed by atoms with Crippen LogP contribution >= 0.6 is 0 Å². The molecule has 150 valence electrons. The van der Waals surface area contributed by atoms with E-state index in [1.54, 1.807) is 17.5 Å². The molecule has 28 heavy (non-hydrogen) atoms. The van der Waals surface area contributed by atoms with E-state index in [4.69, 9.17) is 4.74 Å². The van der Waals surface area contributed by atoms with E-state index in [2.05, 4.69) is 20.0 Å². The van der Waals surface area contributed by atoms with Crippen molar-refractivity contribution in [2.45, 2.75) is 34.1 Å². The Morgan fingerprint density at radius 1 is 1.21 bits per heavy atom. The number of anilines is 1. The molecule has 0 unspecified atom stereocenters. The van der Waals surface area contributed by atoms with Crippen LogP contribution in [0.1, 0.15) is 32.0 Å². The van der Waals surface area contributed by atoms with Crippen LogP contribution in [0.4, 0.5) is 5.82 Å². The summed E-state index contributed by atoms with van der Waals surface area (Å²) < 4.78 is 6.79. The number of carbonyl (C=O) groups is 2. The Bertz CT molecular complexity index is 908. The maximum Gasteiger partial charge on any atom is 0.310 e. The van der Waals surface area contributed by atoms with Gasteiger partial charge in [0.05, 0.1) is 13.0 Å². The number of hydrogen-bond donors (Lipinski definition) is 0. The van der Waals surface area contributed by atoms with Crippen molar-refractivity contribution < 1.29 is 14.3 Å². The monoisotopic (exact) mass is 386 g/mol. The van der Waals surface area contributed by atoms with Gasteiger partial charge in [0.25, 0.3) is 5.78 Å². The third-order valence-electron chi connectivity index (χ3n) is 4.63. The Labute approximate surface area is 164 Å². The molecule has 2 aromatic heterocycles. The summed E-state index contributed by atoms with van der Waals surface area (Å²) in [6, 6.07) is 0. The van der Waals surface area contributed by atoms with Crippen LogP contribution in [0, 0.1) is 6.92 Å². The van der Waals surface area contributed by atoms with E-state index in [9.17, 15) is 9.59 Å². The number of nitrogens with zero attached hydrogens (tertiary/aromatic N) is 6. The lowest BCUT2D eigenvalue weighted by Gasteiger charge is -2.36. The number of rotatable bonds is 5. The molecule has 3 rings (SSSR count). The van der Waals surface area contributed by atoms with Crippen molar-refractivity contribution >= 4 is 23.5 Å². The Morgan fingerprint density at radius 2 is 1.93 bits per heavy atom. The van der Waals surface area contributed by atoms with Gasteiger partial charge in [-0.1, -0.05) is 5.57 Å². The number of aryl methyl sites for hydroxylation is 1. The molecule has 9 heteroatoms. The topological polar surface area (TPSA) is 92.9 Å². The number of ether oxygens (including phenoxy) is 1. The maximum absolute atomic E-state index is 12.3. The predicted octanol–water partition coefficient (Wildman–Crippen LogP) is 1.15. The lowest BCUT2D eigenvalue weighted by Crippen LogP contribution is -2.49. The van der Waals surface area contributed by atoms with Crippen molar-refractivity contribution in [2.24, 2.45) is 0 Å². The van der Waals surface area contributed by atoms with Gasteiger partial charge >= 0.3 is 5.97 Å². The van der Waals surface area contributed by atoms with Crippen molar-refractivity contribution in [3.05, 3.63) is 29.2 Å². The van der Waals surface area contributed by atoms with Crippen LogP contribution in [0.5, 0.6) is 0 Å². The molecule has 1 saturated heterocycles. The van der Waals surface area contributed by atoms with Gasteiger partial charge in [0, 0.05) is 43.5 Å². The van der Waals surface area contributed by atoms with Crippen molar-refractivity contribution in [1.82, 2.24) is 24.5 Å². The molecule has 3 heterocycles. The fraction of sp³-hybridized carbons (Fsp3) is 0.526. The highest BCUT2D eigenvalue weighted by molar-refractivity contribution is 5.88. The van der Waals surface area contributed by atoms with Gasteiger partial charge in [-0.15, -0.1) is 0 Å². The zero-order valence-corrected chi connectivity index (χ0v) is 16.8. The normalized spacial score (nSPS) is 14.3. The van der Waals surface area contributed by atoms with Crippen LogP contribution in [-0.4, -0.2) is 69.1 Å². The van der Waals surface area contributed by atoms with Gasteiger partial charge in [0.1, 0.15) is 12.1 Å². The summed E-state index contributed by atoms with van der Waals surface area (Å²) in [5.74, 6) is 1.01. The Hall–Kier alpha value is -2.97. The standard InChI is InChI=1S/C19H26N6O3/c1-5-28-17(27)11-15-14(4)22-19-20-12-21-25(19)18(15)24-8-6-23(7-9-24)16(26)10-13(2)3/h10,12H,5-9,11H2,1-4H3. The third-order valence-corrected chi connectivity index (χ3v) is 4.63. The number of carbonyl (C=O) groups excluding carboxylic acids is 2. The highest BCUT2D eigenvalue weighted by Gasteiger charge is 2.26. The number of piperazine rings is 1. The molecule has 0 bridgehead atoms. The van der Waals surface area contributed by atoms with Crippen LogP contribution < -0.4 is 4.90 Å². The quantitative estimate of drug-likeness (QED) is 0.562. The molecule has 9 nitrogen and oxygen atoms in total. The second kappa shape index (κ2) is 8.37. The molecule has 1 amide bonds. The summed E-state index contributed by atoms with van der Waals surface area (Å²) in [5, 5.41) is 4.30. The molecular weight excluding hydrogens is 360 g/mol. The maximum atomic E-state index is 12.3. The first kappa shape index (κ1) is 19.8. The van der Waals surface area contributed by atoms with Crippen molar-refractivity contribution in [1.29, 1.82) is 0 Å². The molecule has 0 saturated carbocycles.